The maximum absolute atomic E-state index is 14.8. The van der Waals surface area contributed by atoms with Crippen molar-refractivity contribution in [2.24, 2.45) is 5.92 Å². The number of aliphatic carboxylic acids is 1. The van der Waals surface area contributed by atoms with Gasteiger partial charge in [0.05, 0.1) is 28.0 Å². The third kappa shape index (κ3) is 6.11. The molecule has 39 heavy (non-hydrogen) atoms. The summed E-state index contributed by atoms with van der Waals surface area (Å²) in [6, 6.07) is 9.09. The summed E-state index contributed by atoms with van der Waals surface area (Å²) >= 11 is 12.3. The van der Waals surface area contributed by atoms with Crippen LogP contribution in [0.3, 0.4) is 0 Å². The normalized spacial score (nSPS) is 25.0. The highest BCUT2D eigenvalue weighted by molar-refractivity contribution is 7.92. The van der Waals surface area contributed by atoms with Gasteiger partial charge in [0.2, 0.25) is 0 Å². The van der Waals surface area contributed by atoms with Gasteiger partial charge in [0.15, 0.2) is 15.4 Å². The van der Waals surface area contributed by atoms with E-state index in [2.05, 4.69) is 0 Å². The molecule has 212 valence electrons. The first-order valence-corrected chi connectivity index (χ1v) is 15.1. The van der Waals surface area contributed by atoms with Crippen LogP contribution in [0.2, 0.25) is 10.0 Å². The number of sulfone groups is 1. The predicted molar refractivity (Wildman–Crippen MR) is 147 cm³/mol. The van der Waals surface area contributed by atoms with Crippen molar-refractivity contribution < 1.29 is 32.2 Å². The molecule has 2 aromatic rings. The fraction of sp³-hybridized carbons (Fsp3) is 0.500. The Morgan fingerprint density at radius 3 is 2.38 bits per heavy atom. The van der Waals surface area contributed by atoms with E-state index < -0.39 is 62.5 Å². The maximum atomic E-state index is 14.8. The minimum Gasteiger partial charge on any atom is -0.481 e. The van der Waals surface area contributed by atoms with Gasteiger partial charge in [-0.2, -0.15) is 0 Å². The van der Waals surface area contributed by atoms with E-state index in [0.717, 1.165) is 0 Å². The van der Waals surface area contributed by atoms with Crippen LogP contribution in [0.25, 0.3) is 0 Å². The Kier molecular flexibility index (Phi) is 8.13. The van der Waals surface area contributed by atoms with Gasteiger partial charge >= 0.3 is 5.97 Å². The molecule has 1 saturated heterocycles. The number of rotatable bonds is 8. The second-order valence-corrected chi connectivity index (χ2v) is 15.2. The fourth-order valence-electron chi connectivity index (χ4n) is 5.07. The highest BCUT2D eigenvalue weighted by atomic mass is 35.5. The van der Waals surface area contributed by atoms with Crippen LogP contribution in [-0.4, -0.2) is 52.4 Å². The monoisotopic (exact) mass is 599 g/mol. The molecule has 4 rings (SSSR count). The van der Waals surface area contributed by atoms with E-state index in [1.54, 1.807) is 51.1 Å². The van der Waals surface area contributed by atoms with Gasteiger partial charge in [0, 0.05) is 11.1 Å². The van der Waals surface area contributed by atoms with Crippen LogP contribution in [0.15, 0.2) is 42.5 Å². The minimum absolute atomic E-state index is 0.113. The van der Waals surface area contributed by atoms with Gasteiger partial charge in [-0.3, -0.25) is 9.59 Å². The van der Waals surface area contributed by atoms with Gasteiger partial charge in [-0.05, 0) is 81.8 Å². The third-order valence-electron chi connectivity index (χ3n) is 7.46. The Hall–Kier alpha value is -2.20. The zero-order valence-corrected chi connectivity index (χ0v) is 24.5. The van der Waals surface area contributed by atoms with Crippen LogP contribution in [0.5, 0.6) is 0 Å². The lowest BCUT2D eigenvalue weighted by Gasteiger charge is -2.52. The molecular weight excluding hydrogens is 568 g/mol. The number of hydrogen-bond acceptors (Lipinski definition) is 5. The van der Waals surface area contributed by atoms with Crippen molar-refractivity contribution in [1.29, 1.82) is 0 Å². The smallest absolute Gasteiger partial charge is 0.306 e. The topological polar surface area (TPSA) is 101 Å². The van der Waals surface area contributed by atoms with Crippen molar-refractivity contribution in [3.05, 3.63) is 69.5 Å². The summed E-state index contributed by atoms with van der Waals surface area (Å²) < 4.78 is 47.0. The number of carbonyl (C=O) groups is 2. The molecule has 0 bridgehead atoms. The molecule has 1 saturated carbocycles. The van der Waals surface area contributed by atoms with E-state index in [0.29, 0.717) is 29.0 Å². The molecule has 4 atom stereocenters. The fourth-order valence-corrected chi connectivity index (χ4v) is 6.77. The van der Waals surface area contributed by atoms with Gasteiger partial charge in [0.25, 0.3) is 5.91 Å². The van der Waals surface area contributed by atoms with Crippen LogP contribution in [-0.2, 0) is 24.2 Å². The number of halogens is 3. The highest BCUT2D eigenvalue weighted by Gasteiger charge is 2.56. The van der Waals surface area contributed by atoms with E-state index in [4.69, 9.17) is 27.9 Å². The number of hydrogen-bond donors (Lipinski definition) is 1. The lowest BCUT2D eigenvalue weighted by molar-refractivity contribution is -0.206. The van der Waals surface area contributed by atoms with E-state index in [-0.39, 0.29) is 16.7 Å². The number of benzene rings is 2. The number of amides is 1. The van der Waals surface area contributed by atoms with E-state index in [9.17, 15) is 27.5 Å². The Morgan fingerprint density at radius 1 is 1.18 bits per heavy atom. The largest absolute Gasteiger partial charge is 0.481 e. The first-order valence-electron chi connectivity index (χ1n) is 12.7. The summed E-state index contributed by atoms with van der Waals surface area (Å²) in [5.41, 5.74) is -0.949. The molecule has 1 amide bonds. The van der Waals surface area contributed by atoms with Crippen LogP contribution >= 0.6 is 23.2 Å². The molecule has 0 aromatic heterocycles. The Labute approximate surface area is 238 Å². The molecule has 1 heterocycles. The van der Waals surface area contributed by atoms with Crippen molar-refractivity contribution in [2.45, 2.75) is 75.5 Å². The van der Waals surface area contributed by atoms with Gasteiger partial charge in [-0.15, -0.1) is 0 Å². The molecule has 2 fully saturated rings. The second-order valence-electron chi connectivity index (χ2n) is 11.5. The lowest BCUT2D eigenvalue weighted by Crippen LogP contribution is -2.62. The number of carboxylic acid groups (broad SMARTS) is 1. The first kappa shape index (κ1) is 29.8. The van der Waals surface area contributed by atoms with Crippen molar-refractivity contribution >= 4 is 44.9 Å². The van der Waals surface area contributed by atoms with Gasteiger partial charge < -0.3 is 14.7 Å². The average Bonchev–Trinajstić information content (AvgIpc) is 3.65. The number of carboxylic acids is 1. The standard InChI is InChI=1S/C28H32Cl2FNO6S/c1-27(2,3)39(36,37)15-22(16-8-9-16)32-24(17-10-11-20(30)21(31)13-17)25(18-6-5-7-19(29)12-18)38-28(4,26(32)35)14-23(33)34/h5-7,10-13,16,22,24-25H,8-9,14-15H2,1-4H3,(H,33,34)/t22-,24?,25-,28-/m1/s1. The zero-order valence-electron chi connectivity index (χ0n) is 22.2. The van der Waals surface area contributed by atoms with E-state index in [1.165, 1.54) is 24.0 Å². The van der Waals surface area contributed by atoms with Crippen molar-refractivity contribution in [3.8, 4) is 0 Å². The Bertz CT molecular complexity index is 1390. The quantitative estimate of drug-likeness (QED) is 0.399. The molecule has 0 radical (unpaired) electrons. The molecule has 1 unspecified atom stereocenters. The van der Waals surface area contributed by atoms with Crippen LogP contribution < -0.4 is 0 Å². The summed E-state index contributed by atoms with van der Waals surface area (Å²) in [5.74, 6) is -3.08. The van der Waals surface area contributed by atoms with E-state index in [1.807, 2.05) is 0 Å². The minimum atomic E-state index is -3.71. The Balaban J connectivity index is 1.97. The molecule has 1 aliphatic carbocycles. The molecule has 7 nitrogen and oxygen atoms in total. The zero-order chi connectivity index (χ0) is 28.9. The van der Waals surface area contributed by atoms with Gasteiger partial charge in [0.1, 0.15) is 11.9 Å². The molecule has 11 heteroatoms. The summed E-state index contributed by atoms with van der Waals surface area (Å²) in [6.45, 7) is 6.20. The number of carbonyl (C=O) groups excluding carboxylic acids is 1. The summed E-state index contributed by atoms with van der Waals surface area (Å²) in [7, 11) is -3.71. The summed E-state index contributed by atoms with van der Waals surface area (Å²) in [5, 5.41) is 9.98. The van der Waals surface area contributed by atoms with Crippen molar-refractivity contribution in [1.82, 2.24) is 4.90 Å². The van der Waals surface area contributed by atoms with Crippen LogP contribution in [0.4, 0.5) is 4.39 Å². The predicted octanol–water partition coefficient (Wildman–Crippen LogP) is 6.00. The first-order chi connectivity index (χ1) is 18.0. The molecular formula is C28H32Cl2FNO6S. The molecule has 1 aliphatic heterocycles. The highest BCUT2D eigenvalue weighted by Crippen LogP contribution is 2.51. The SMILES string of the molecule is CC(C)(C)S(=O)(=O)C[C@H](C1CC1)N1C(=O)[C@@](C)(CC(=O)O)O[C@H](c2cccc(Cl)c2)C1c1ccc(Cl)c(F)c1. The summed E-state index contributed by atoms with van der Waals surface area (Å²) in [4.78, 5) is 27.6. The van der Waals surface area contributed by atoms with Gasteiger partial charge in [-0.25, -0.2) is 12.8 Å². The van der Waals surface area contributed by atoms with E-state index >= 15 is 0 Å². The molecule has 0 spiro atoms. The van der Waals surface area contributed by atoms with Crippen LogP contribution in [0, 0.1) is 11.7 Å². The summed E-state index contributed by atoms with van der Waals surface area (Å²) in [6.07, 6.45) is -0.225. The number of ether oxygens (including phenoxy) is 1. The molecule has 2 aromatic carbocycles. The second kappa shape index (κ2) is 10.7. The average molecular weight is 601 g/mol. The van der Waals surface area contributed by atoms with Crippen molar-refractivity contribution in [3.63, 3.8) is 0 Å². The number of nitrogens with zero attached hydrogens (tertiary/aromatic N) is 1. The molecule has 2 aliphatic rings. The lowest BCUT2D eigenvalue weighted by atomic mass is 9.85. The molecule has 1 N–H and O–H groups in total. The van der Waals surface area contributed by atoms with Crippen LogP contribution in [0.1, 0.15) is 70.2 Å². The third-order valence-corrected chi connectivity index (χ3v) is 10.6. The van der Waals surface area contributed by atoms with Gasteiger partial charge in [-0.1, -0.05) is 41.4 Å². The van der Waals surface area contributed by atoms with Crippen molar-refractivity contribution in [2.75, 3.05) is 5.75 Å². The number of morpholine rings is 1. The maximum Gasteiger partial charge on any atom is 0.306 e. The Morgan fingerprint density at radius 2 is 1.85 bits per heavy atom.